The molecular formula is C20H22O6S2. The molecule has 2 aromatic carbocycles. The zero-order valence-corrected chi connectivity index (χ0v) is 17.3. The van der Waals surface area contributed by atoms with Crippen molar-refractivity contribution in [1.29, 1.82) is 0 Å². The first-order chi connectivity index (χ1) is 13.4. The van der Waals surface area contributed by atoms with Crippen LogP contribution in [0.3, 0.4) is 0 Å². The van der Waals surface area contributed by atoms with Gasteiger partial charge in [0, 0.05) is 0 Å². The first-order valence-corrected chi connectivity index (χ1v) is 11.4. The van der Waals surface area contributed by atoms with E-state index in [2.05, 4.69) is 0 Å². The summed E-state index contributed by atoms with van der Waals surface area (Å²) >= 11 is 1.64. The van der Waals surface area contributed by atoms with Crippen molar-refractivity contribution < 1.29 is 27.4 Å². The molecule has 0 atom stereocenters. The Morgan fingerprint density at radius 1 is 0.893 bits per heavy atom. The first kappa shape index (κ1) is 20.5. The van der Waals surface area contributed by atoms with Gasteiger partial charge in [-0.25, -0.2) is 8.42 Å². The average molecular weight is 423 g/mol. The lowest BCUT2D eigenvalue weighted by atomic mass is 10.0. The van der Waals surface area contributed by atoms with Crippen LogP contribution in [0.25, 0.3) is 0 Å². The van der Waals surface area contributed by atoms with Gasteiger partial charge in [0.05, 0.1) is 19.1 Å². The highest BCUT2D eigenvalue weighted by Crippen LogP contribution is 2.39. The van der Waals surface area contributed by atoms with Crippen molar-refractivity contribution in [3.8, 4) is 17.2 Å². The highest BCUT2D eigenvalue weighted by atomic mass is 32.2. The normalized spacial score (nSPS) is 16.2. The van der Waals surface area contributed by atoms with Crippen molar-refractivity contribution in [1.82, 2.24) is 0 Å². The number of esters is 1. The van der Waals surface area contributed by atoms with Crippen molar-refractivity contribution in [2.75, 3.05) is 25.7 Å². The predicted molar refractivity (Wildman–Crippen MR) is 108 cm³/mol. The lowest BCUT2D eigenvalue weighted by Crippen LogP contribution is -2.49. The van der Waals surface area contributed by atoms with E-state index in [-0.39, 0.29) is 17.7 Å². The molecule has 1 saturated heterocycles. The number of carbonyl (C=O) groups excluding carboxylic acids is 1. The minimum Gasteiger partial charge on any atom is -0.497 e. The lowest BCUT2D eigenvalue weighted by Gasteiger charge is -2.33. The Morgan fingerprint density at radius 3 is 1.89 bits per heavy atom. The minimum atomic E-state index is -3.89. The molecule has 1 aliphatic heterocycles. The average Bonchev–Trinajstić information content (AvgIpc) is 2.74. The quantitative estimate of drug-likeness (QED) is 0.657. The number of ether oxygens (including phenoxy) is 3. The van der Waals surface area contributed by atoms with E-state index in [9.17, 15) is 13.2 Å². The van der Waals surface area contributed by atoms with Crippen molar-refractivity contribution >= 4 is 27.6 Å². The maximum absolute atomic E-state index is 13.3. The van der Waals surface area contributed by atoms with E-state index in [0.717, 1.165) is 0 Å². The van der Waals surface area contributed by atoms with Crippen LogP contribution in [0, 0.1) is 0 Å². The Labute approximate surface area is 169 Å². The second-order valence-electron chi connectivity index (χ2n) is 6.35. The molecule has 0 aromatic heterocycles. The molecule has 0 bridgehead atoms. The summed E-state index contributed by atoms with van der Waals surface area (Å²) in [5.74, 6) is 2.33. The monoisotopic (exact) mass is 422 g/mol. The number of rotatable bonds is 6. The van der Waals surface area contributed by atoms with Crippen molar-refractivity contribution in [2.45, 2.75) is 22.5 Å². The van der Waals surface area contributed by atoms with E-state index in [1.807, 2.05) is 0 Å². The number of benzene rings is 2. The molecule has 0 radical (unpaired) electrons. The van der Waals surface area contributed by atoms with Crippen LogP contribution in [-0.4, -0.2) is 44.9 Å². The fraction of sp³-hybridized carbons (Fsp3) is 0.350. The second kappa shape index (κ2) is 8.45. The first-order valence-electron chi connectivity index (χ1n) is 8.76. The molecule has 0 amide bonds. The SMILES string of the molecule is COC(=O)C1(S(=O)(=O)c2ccc(Oc3ccc(OC)cc3)cc2)CCSCC1. The fourth-order valence-corrected chi connectivity index (χ4v) is 6.60. The smallest absolute Gasteiger partial charge is 0.327 e. The van der Waals surface area contributed by atoms with E-state index >= 15 is 0 Å². The van der Waals surface area contributed by atoms with Crippen LogP contribution in [0.15, 0.2) is 53.4 Å². The van der Waals surface area contributed by atoms with Crippen molar-refractivity contribution in [2.24, 2.45) is 0 Å². The highest BCUT2D eigenvalue weighted by Gasteiger charge is 2.53. The summed E-state index contributed by atoms with van der Waals surface area (Å²) in [6.45, 7) is 0. The summed E-state index contributed by atoms with van der Waals surface area (Å²) < 4.78 is 40.8. The maximum Gasteiger partial charge on any atom is 0.327 e. The van der Waals surface area contributed by atoms with Crippen LogP contribution >= 0.6 is 11.8 Å². The minimum absolute atomic E-state index is 0.0897. The molecule has 1 fully saturated rings. The molecular weight excluding hydrogens is 400 g/mol. The topological polar surface area (TPSA) is 78.9 Å². The summed E-state index contributed by atoms with van der Waals surface area (Å²) in [6.07, 6.45) is 0.494. The van der Waals surface area contributed by atoms with Gasteiger partial charge in [-0.1, -0.05) is 0 Å². The van der Waals surface area contributed by atoms with E-state index in [0.29, 0.717) is 28.8 Å². The summed E-state index contributed by atoms with van der Waals surface area (Å²) in [5, 5.41) is 0. The Kier molecular flexibility index (Phi) is 6.20. The van der Waals surface area contributed by atoms with Crippen LogP contribution in [0.4, 0.5) is 0 Å². The molecule has 0 spiro atoms. The third kappa shape index (κ3) is 3.84. The summed E-state index contributed by atoms with van der Waals surface area (Å²) in [7, 11) is -1.08. The molecule has 3 rings (SSSR count). The number of carbonyl (C=O) groups is 1. The van der Waals surface area contributed by atoms with Crippen molar-refractivity contribution in [3.63, 3.8) is 0 Å². The van der Waals surface area contributed by atoms with Crippen LogP contribution in [0.2, 0.25) is 0 Å². The van der Waals surface area contributed by atoms with Gasteiger partial charge in [-0.15, -0.1) is 0 Å². The molecule has 1 aliphatic rings. The molecule has 0 saturated carbocycles. The summed E-state index contributed by atoms with van der Waals surface area (Å²) in [4.78, 5) is 12.5. The molecule has 6 nitrogen and oxygen atoms in total. The Hall–Kier alpha value is -2.19. The van der Waals surface area contributed by atoms with Crippen LogP contribution < -0.4 is 9.47 Å². The number of hydrogen-bond acceptors (Lipinski definition) is 7. The zero-order chi connectivity index (χ0) is 20.2. The standard InChI is InChI=1S/C20H22O6S2/c1-24-15-3-5-16(6-4-15)26-17-7-9-18(10-8-17)28(22,23)20(19(21)25-2)11-13-27-14-12-20/h3-10H,11-14H2,1-2H3. The maximum atomic E-state index is 13.3. The van der Waals surface area contributed by atoms with Gasteiger partial charge < -0.3 is 14.2 Å². The van der Waals surface area contributed by atoms with Crippen LogP contribution in [0.1, 0.15) is 12.8 Å². The number of methoxy groups -OCH3 is 2. The molecule has 28 heavy (non-hydrogen) atoms. The Bertz CT molecular complexity index is 914. The zero-order valence-electron chi connectivity index (χ0n) is 15.7. The molecule has 1 heterocycles. The van der Waals surface area contributed by atoms with E-state index < -0.39 is 20.6 Å². The third-order valence-electron chi connectivity index (χ3n) is 4.80. The molecule has 0 aliphatic carbocycles. The van der Waals surface area contributed by atoms with E-state index in [4.69, 9.17) is 14.2 Å². The fourth-order valence-electron chi connectivity index (χ4n) is 3.16. The summed E-state index contributed by atoms with van der Waals surface area (Å²) in [5.41, 5.74) is 0. The molecule has 2 aromatic rings. The van der Waals surface area contributed by atoms with Gasteiger partial charge in [0.25, 0.3) is 0 Å². The lowest BCUT2D eigenvalue weighted by molar-refractivity contribution is -0.144. The van der Waals surface area contributed by atoms with E-state index in [1.54, 1.807) is 55.3 Å². The molecule has 0 unspecified atom stereocenters. The van der Waals surface area contributed by atoms with Gasteiger partial charge >= 0.3 is 5.97 Å². The molecule has 150 valence electrons. The van der Waals surface area contributed by atoms with Gasteiger partial charge in [-0.05, 0) is 72.9 Å². The van der Waals surface area contributed by atoms with Crippen LogP contribution in [0.5, 0.6) is 17.2 Å². The van der Waals surface area contributed by atoms with Gasteiger partial charge in [-0.3, -0.25) is 4.79 Å². The van der Waals surface area contributed by atoms with Crippen LogP contribution in [-0.2, 0) is 19.4 Å². The Morgan fingerprint density at radius 2 is 1.39 bits per heavy atom. The van der Waals surface area contributed by atoms with Crippen molar-refractivity contribution in [3.05, 3.63) is 48.5 Å². The largest absolute Gasteiger partial charge is 0.497 e. The van der Waals surface area contributed by atoms with Gasteiger partial charge in [0.15, 0.2) is 14.6 Å². The van der Waals surface area contributed by atoms with Gasteiger partial charge in [-0.2, -0.15) is 11.8 Å². The third-order valence-corrected chi connectivity index (χ3v) is 8.28. The van der Waals surface area contributed by atoms with Gasteiger partial charge in [0.2, 0.25) is 0 Å². The number of thioether (sulfide) groups is 1. The summed E-state index contributed by atoms with van der Waals surface area (Å²) in [6, 6.07) is 13.2. The highest BCUT2D eigenvalue weighted by molar-refractivity contribution is 7.99. The molecule has 8 heteroatoms. The Balaban J connectivity index is 1.85. The van der Waals surface area contributed by atoms with E-state index in [1.165, 1.54) is 19.2 Å². The second-order valence-corrected chi connectivity index (χ2v) is 9.84. The van der Waals surface area contributed by atoms with Gasteiger partial charge in [0.1, 0.15) is 17.2 Å². The number of sulfone groups is 1. The number of hydrogen-bond donors (Lipinski definition) is 0. The predicted octanol–water partition coefficient (Wildman–Crippen LogP) is 3.70. The molecule has 0 N–H and O–H groups in total.